The lowest BCUT2D eigenvalue weighted by atomic mass is 10.1. The molecule has 2 aromatic carbocycles. The zero-order chi connectivity index (χ0) is 13.7. The first-order valence-corrected chi connectivity index (χ1v) is 6.24. The van der Waals surface area contributed by atoms with Gasteiger partial charge in [0.15, 0.2) is 0 Å². The SMILES string of the molecule is Cc1ccc(NC(=O)O[C@@H](C)c2ccccc2)cc1. The van der Waals surface area contributed by atoms with Crippen molar-refractivity contribution in [2.24, 2.45) is 0 Å². The Labute approximate surface area is 113 Å². The summed E-state index contributed by atoms with van der Waals surface area (Å²) >= 11 is 0. The van der Waals surface area contributed by atoms with Crippen LogP contribution in [0.1, 0.15) is 24.2 Å². The van der Waals surface area contributed by atoms with E-state index in [1.54, 1.807) is 0 Å². The number of aryl methyl sites for hydroxylation is 1. The molecule has 0 radical (unpaired) electrons. The number of anilines is 1. The van der Waals surface area contributed by atoms with Gasteiger partial charge in [-0.3, -0.25) is 5.32 Å². The second-order valence-electron chi connectivity index (χ2n) is 4.45. The zero-order valence-corrected chi connectivity index (χ0v) is 11.1. The maximum absolute atomic E-state index is 11.7. The summed E-state index contributed by atoms with van der Waals surface area (Å²) in [4.78, 5) is 11.7. The van der Waals surface area contributed by atoms with Crippen LogP contribution >= 0.6 is 0 Å². The van der Waals surface area contributed by atoms with Crippen molar-refractivity contribution in [3.8, 4) is 0 Å². The van der Waals surface area contributed by atoms with Gasteiger partial charge in [-0.25, -0.2) is 4.79 Å². The Morgan fingerprint density at radius 1 is 1.05 bits per heavy atom. The van der Waals surface area contributed by atoms with Gasteiger partial charge in [-0.05, 0) is 31.5 Å². The van der Waals surface area contributed by atoms with Crippen molar-refractivity contribution in [3.05, 3.63) is 65.7 Å². The van der Waals surface area contributed by atoms with E-state index in [1.165, 1.54) is 0 Å². The Morgan fingerprint density at radius 3 is 2.32 bits per heavy atom. The van der Waals surface area contributed by atoms with Crippen molar-refractivity contribution in [3.63, 3.8) is 0 Å². The average Bonchev–Trinajstić information content (AvgIpc) is 2.42. The normalized spacial score (nSPS) is 11.7. The van der Waals surface area contributed by atoms with E-state index in [2.05, 4.69) is 5.32 Å². The van der Waals surface area contributed by atoms with Crippen molar-refractivity contribution < 1.29 is 9.53 Å². The second-order valence-corrected chi connectivity index (χ2v) is 4.45. The fourth-order valence-electron chi connectivity index (χ4n) is 1.74. The van der Waals surface area contributed by atoms with Crippen molar-refractivity contribution in [2.75, 3.05) is 5.32 Å². The van der Waals surface area contributed by atoms with Gasteiger partial charge in [0.05, 0.1) is 0 Å². The van der Waals surface area contributed by atoms with Gasteiger partial charge in [0.2, 0.25) is 0 Å². The molecule has 98 valence electrons. The molecule has 1 N–H and O–H groups in total. The van der Waals surface area contributed by atoms with Crippen molar-refractivity contribution in [2.45, 2.75) is 20.0 Å². The summed E-state index contributed by atoms with van der Waals surface area (Å²) in [5, 5.41) is 2.71. The summed E-state index contributed by atoms with van der Waals surface area (Å²) in [7, 11) is 0. The molecular formula is C16H17NO2. The van der Waals surface area contributed by atoms with Gasteiger partial charge in [-0.1, -0.05) is 48.0 Å². The van der Waals surface area contributed by atoms with Crippen LogP contribution in [0.2, 0.25) is 0 Å². The molecule has 0 aliphatic carbocycles. The number of rotatable bonds is 3. The monoisotopic (exact) mass is 255 g/mol. The van der Waals surface area contributed by atoms with Crippen LogP contribution in [0.3, 0.4) is 0 Å². The summed E-state index contributed by atoms with van der Waals surface area (Å²) in [5.74, 6) is 0. The molecular weight excluding hydrogens is 238 g/mol. The number of ether oxygens (including phenoxy) is 1. The second kappa shape index (κ2) is 6.05. The van der Waals surface area contributed by atoms with Gasteiger partial charge in [0.1, 0.15) is 6.10 Å². The van der Waals surface area contributed by atoms with E-state index in [1.807, 2.05) is 68.4 Å². The predicted molar refractivity (Wildman–Crippen MR) is 76.1 cm³/mol. The van der Waals surface area contributed by atoms with E-state index in [0.717, 1.165) is 16.8 Å². The summed E-state index contributed by atoms with van der Waals surface area (Å²) in [5.41, 5.74) is 2.86. The lowest BCUT2D eigenvalue weighted by Crippen LogP contribution is -2.15. The van der Waals surface area contributed by atoms with Crippen LogP contribution < -0.4 is 5.32 Å². The van der Waals surface area contributed by atoms with Crippen LogP contribution in [-0.4, -0.2) is 6.09 Å². The highest BCUT2D eigenvalue weighted by Crippen LogP contribution is 2.17. The third-order valence-corrected chi connectivity index (χ3v) is 2.85. The Balaban J connectivity index is 1.93. The Morgan fingerprint density at radius 2 is 1.68 bits per heavy atom. The van der Waals surface area contributed by atoms with Crippen LogP contribution in [-0.2, 0) is 4.74 Å². The molecule has 19 heavy (non-hydrogen) atoms. The summed E-state index contributed by atoms with van der Waals surface area (Å²) in [6.45, 7) is 3.85. The predicted octanol–water partition coefficient (Wildman–Crippen LogP) is 4.30. The number of hydrogen-bond acceptors (Lipinski definition) is 2. The van der Waals surface area contributed by atoms with E-state index in [4.69, 9.17) is 4.74 Å². The highest BCUT2D eigenvalue weighted by Gasteiger charge is 2.11. The standard InChI is InChI=1S/C16H17NO2/c1-12-8-10-15(11-9-12)17-16(18)19-13(2)14-6-4-3-5-7-14/h3-11,13H,1-2H3,(H,17,18)/t13-/m0/s1. The quantitative estimate of drug-likeness (QED) is 0.887. The van der Waals surface area contributed by atoms with E-state index >= 15 is 0 Å². The molecule has 2 aromatic rings. The van der Waals surface area contributed by atoms with E-state index < -0.39 is 6.09 Å². The van der Waals surface area contributed by atoms with Gasteiger partial charge in [0, 0.05) is 5.69 Å². The number of amides is 1. The highest BCUT2D eigenvalue weighted by molar-refractivity contribution is 5.84. The molecule has 3 heteroatoms. The van der Waals surface area contributed by atoms with Crippen LogP contribution in [0.5, 0.6) is 0 Å². The summed E-state index contributed by atoms with van der Waals surface area (Å²) in [6, 6.07) is 17.2. The molecule has 0 aromatic heterocycles. The topological polar surface area (TPSA) is 38.3 Å². The fraction of sp³-hybridized carbons (Fsp3) is 0.188. The molecule has 0 saturated heterocycles. The summed E-state index contributed by atoms with van der Waals surface area (Å²) in [6.07, 6.45) is -0.716. The molecule has 0 aliphatic heterocycles. The summed E-state index contributed by atoms with van der Waals surface area (Å²) < 4.78 is 5.32. The van der Waals surface area contributed by atoms with Gasteiger partial charge in [-0.15, -0.1) is 0 Å². The van der Waals surface area contributed by atoms with Crippen LogP contribution in [0, 0.1) is 6.92 Å². The van der Waals surface area contributed by atoms with Gasteiger partial charge >= 0.3 is 6.09 Å². The molecule has 0 fully saturated rings. The average molecular weight is 255 g/mol. The minimum atomic E-state index is -0.444. The first kappa shape index (κ1) is 13.1. The Kier molecular flexibility index (Phi) is 4.18. The van der Waals surface area contributed by atoms with Crippen LogP contribution in [0.25, 0.3) is 0 Å². The third kappa shape index (κ3) is 3.85. The van der Waals surface area contributed by atoms with Crippen molar-refractivity contribution in [1.29, 1.82) is 0 Å². The molecule has 0 saturated carbocycles. The Bertz CT molecular complexity index is 534. The minimum absolute atomic E-state index is 0.272. The first-order chi connectivity index (χ1) is 9.15. The molecule has 1 atom stereocenters. The molecule has 0 unspecified atom stereocenters. The minimum Gasteiger partial charge on any atom is -0.441 e. The maximum atomic E-state index is 11.7. The largest absolute Gasteiger partial charge is 0.441 e. The molecule has 1 amide bonds. The fourth-order valence-corrected chi connectivity index (χ4v) is 1.74. The first-order valence-electron chi connectivity index (χ1n) is 6.24. The smallest absolute Gasteiger partial charge is 0.412 e. The number of carbonyl (C=O) groups excluding carboxylic acids is 1. The maximum Gasteiger partial charge on any atom is 0.412 e. The number of nitrogens with one attached hydrogen (secondary N) is 1. The molecule has 0 aliphatic rings. The lowest BCUT2D eigenvalue weighted by Gasteiger charge is -2.14. The Hall–Kier alpha value is -2.29. The number of carbonyl (C=O) groups is 1. The van der Waals surface area contributed by atoms with Gasteiger partial charge in [0.25, 0.3) is 0 Å². The zero-order valence-electron chi connectivity index (χ0n) is 11.1. The molecule has 0 spiro atoms. The molecule has 2 rings (SSSR count). The van der Waals surface area contributed by atoms with E-state index in [9.17, 15) is 4.79 Å². The lowest BCUT2D eigenvalue weighted by molar-refractivity contribution is 0.121. The van der Waals surface area contributed by atoms with E-state index in [-0.39, 0.29) is 6.10 Å². The van der Waals surface area contributed by atoms with Crippen LogP contribution in [0.15, 0.2) is 54.6 Å². The number of benzene rings is 2. The van der Waals surface area contributed by atoms with Crippen LogP contribution in [0.4, 0.5) is 10.5 Å². The molecule has 0 heterocycles. The van der Waals surface area contributed by atoms with E-state index in [0.29, 0.717) is 0 Å². The molecule has 0 bridgehead atoms. The van der Waals surface area contributed by atoms with Crippen molar-refractivity contribution >= 4 is 11.8 Å². The van der Waals surface area contributed by atoms with Gasteiger partial charge < -0.3 is 4.74 Å². The number of hydrogen-bond donors (Lipinski definition) is 1. The highest BCUT2D eigenvalue weighted by atomic mass is 16.6. The van der Waals surface area contributed by atoms with Gasteiger partial charge in [-0.2, -0.15) is 0 Å². The molecule has 3 nitrogen and oxygen atoms in total. The third-order valence-electron chi connectivity index (χ3n) is 2.85. The van der Waals surface area contributed by atoms with Crippen molar-refractivity contribution in [1.82, 2.24) is 0 Å².